The molecule has 0 aliphatic rings. The van der Waals surface area contributed by atoms with Crippen LogP contribution in [0.25, 0.3) is 0 Å². The van der Waals surface area contributed by atoms with Gasteiger partial charge in [0.1, 0.15) is 11.6 Å². The third-order valence-corrected chi connectivity index (χ3v) is 5.46. The first-order valence-corrected chi connectivity index (χ1v) is 10.9. The minimum Gasteiger partial charge on any atom is -0.399 e. The van der Waals surface area contributed by atoms with Crippen LogP contribution in [-0.4, -0.2) is 33.3 Å². The molecule has 38 heavy (non-hydrogen) atoms. The number of hydroxylamine groups is 1. The summed E-state index contributed by atoms with van der Waals surface area (Å²) in [5.41, 5.74) is 8.45. The average Bonchev–Trinajstić information content (AvgIpc) is 2.90. The summed E-state index contributed by atoms with van der Waals surface area (Å²) in [6.45, 7) is 1.15. The Balaban J connectivity index is 0.00000361. The quantitative estimate of drug-likeness (QED) is 0.120. The zero-order valence-corrected chi connectivity index (χ0v) is 22.4. The first-order valence-electron chi connectivity index (χ1n) is 10.9. The summed E-state index contributed by atoms with van der Waals surface area (Å²) >= 11 is 0. The Morgan fingerprint density at radius 3 is 1.87 bits per heavy atom. The number of nitrogen functional groups attached to an aromatic ring is 1. The Morgan fingerprint density at radius 1 is 0.895 bits per heavy atom. The van der Waals surface area contributed by atoms with Gasteiger partial charge in [-0.3, -0.25) is 14.8 Å². The minimum absolute atomic E-state index is 0. The van der Waals surface area contributed by atoms with Crippen LogP contribution in [0.15, 0.2) is 72.8 Å². The van der Waals surface area contributed by atoms with E-state index in [0.717, 1.165) is 5.56 Å². The van der Waals surface area contributed by atoms with Gasteiger partial charge >= 0.3 is 0 Å². The summed E-state index contributed by atoms with van der Waals surface area (Å²) in [5.74, 6) is 9.64. The van der Waals surface area contributed by atoms with Gasteiger partial charge in [-0.05, 0) is 78.4 Å². The van der Waals surface area contributed by atoms with E-state index in [4.69, 9.17) is 5.73 Å². The highest BCUT2D eigenvalue weighted by molar-refractivity contribution is 7.59. The highest BCUT2D eigenvalue weighted by atomic mass is 32.1. The predicted octanol–water partition coefficient (Wildman–Crippen LogP) is 1.90. The molecular weight excluding hydrogens is 522 g/mol. The van der Waals surface area contributed by atoms with Crippen molar-refractivity contribution in [2.75, 3.05) is 5.73 Å². The predicted molar refractivity (Wildman–Crippen MR) is 155 cm³/mol. The molecule has 0 aliphatic carbocycles. The van der Waals surface area contributed by atoms with E-state index in [1.165, 1.54) is 36.7 Å². The largest absolute Gasteiger partial charge is 0.399 e. The molecule has 0 fully saturated rings. The SMILES string of the molecule is C[C@@](O)(c1ccc(CO)cc1)[C@H](NC(=O)c1ccc(C#CC#Cc2ccc(N)cc2)cc1)C(=O)NO.S.S. The van der Waals surface area contributed by atoms with E-state index >= 15 is 0 Å². The number of nitrogens with two attached hydrogens (primary N) is 1. The fraction of sp³-hybridized carbons (Fsp3) is 0.143. The molecule has 0 unspecified atom stereocenters. The molecule has 3 rings (SSSR count). The summed E-state index contributed by atoms with van der Waals surface area (Å²) in [6.07, 6.45) is 0. The molecule has 7 N–H and O–H groups in total. The highest BCUT2D eigenvalue weighted by Gasteiger charge is 2.40. The average molecular weight is 552 g/mol. The van der Waals surface area contributed by atoms with Gasteiger partial charge in [0.2, 0.25) is 0 Å². The van der Waals surface area contributed by atoms with Gasteiger partial charge in [-0.2, -0.15) is 27.0 Å². The zero-order chi connectivity index (χ0) is 26.1. The normalized spacial score (nSPS) is 11.9. The molecule has 198 valence electrons. The standard InChI is InChI=1S/C28H25N3O5.2H2S/c1-28(35,23-14-8-21(18-32)9-15-23)25(27(34)31-36)30-26(33)22-12-6-19(7-13-22)4-2-3-5-20-10-16-24(29)17-11-20;;/h6-17,25,32,35-36H,18,29H2,1H3,(H,30,33)(H,31,34);2*1H2/t25-,28-;;/m1../s1. The molecule has 3 aromatic rings. The maximum atomic E-state index is 12.8. The van der Waals surface area contributed by atoms with Crippen molar-refractivity contribution in [2.45, 2.75) is 25.2 Å². The number of hydrogen-bond acceptors (Lipinski definition) is 6. The third kappa shape index (κ3) is 8.32. The van der Waals surface area contributed by atoms with Gasteiger partial charge in [-0.25, -0.2) is 5.48 Å². The van der Waals surface area contributed by atoms with Crippen LogP contribution in [-0.2, 0) is 17.0 Å². The first kappa shape index (κ1) is 32.1. The second kappa shape index (κ2) is 14.7. The molecule has 0 aromatic heterocycles. The van der Waals surface area contributed by atoms with E-state index in [2.05, 4.69) is 29.0 Å². The van der Waals surface area contributed by atoms with E-state index in [1.54, 1.807) is 48.5 Å². The number of rotatable bonds is 6. The number of amides is 2. The molecule has 0 spiro atoms. The van der Waals surface area contributed by atoms with Crippen LogP contribution in [0.3, 0.4) is 0 Å². The van der Waals surface area contributed by atoms with Crippen LogP contribution < -0.4 is 16.5 Å². The maximum Gasteiger partial charge on any atom is 0.269 e. The topological polar surface area (TPSA) is 145 Å². The number of aliphatic hydroxyl groups is 2. The summed E-state index contributed by atoms with van der Waals surface area (Å²) in [4.78, 5) is 25.2. The second-order valence-corrected chi connectivity index (χ2v) is 8.08. The van der Waals surface area contributed by atoms with Crippen molar-refractivity contribution in [3.05, 3.63) is 101 Å². The molecular formula is C28H29N3O5S2. The monoisotopic (exact) mass is 551 g/mol. The summed E-state index contributed by atoms with van der Waals surface area (Å²) in [6, 6.07) is 18.1. The first-order chi connectivity index (χ1) is 17.2. The Kier molecular flexibility index (Phi) is 12.5. The van der Waals surface area contributed by atoms with Crippen molar-refractivity contribution in [3.8, 4) is 23.7 Å². The fourth-order valence-corrected chi connectivity index (χ4v) is 3.33. The van der Waals surface area contributed by atoms with Gasteiger partial charge < -0.3 is 21.3 Å². The van der Waals surface area contributed by atoms with Gasteiger partial charge in [0.05, 0.1) is 6.61 Å². The van der Waals surface area contributed by atoms with Crippen molar-refractivity contribution in [1.29, 1.82) is 0 Å². The highest BCUT2D eigenvalue weighted by Crippen LogP contribution is 2.26. The van der Waals surface area contributed by atoms with Crippen LogP contribution in [0.2, 0.25) is 0 Å². The van der Waals surface area contributed by atoms with E-state index in [0.29, 0.717) is 22.4 Å². The molecule has 0 heterocycles. The van der Waals surface area contributed by atoms with Crippen LogP contribution in [0, 0.1) is 23.7 Å². The van der Waals surface area contributed by atoms with Gasteiger partial charge in [0, 0.05) is 22.4 Å². The van der Waals surface area contributed by atoms with Crippen LogP contribution in [0.4, 0.5) is 5.69 Å². The number of hydrogen-bond donors (Lipinski definition) is 6. The molecule has 2 amide bonds. The molecule has 2 atom stereocenters. The molecule has 0 aliphatic heterocycles. The Hall–Kier alpha value is -3.90. The van der Waals surface area contributed by atoms with E-state index in [9.17, 15) is 25.0 Å². The van der Waals surface area contributed by atoms with Gasteiger partial charge in [-0.15, -0.1) is 0 Å². The lowest BCUT2D eigenvalue weighted by Crippen LogP contribution is -2.57. The molecule has 0 radical (unpaired) electrons. The number of nitrogens with one attached hydrogen (secondary N) is 2. The van der Waals surface area contributed by atoms with E-state index < -0.39 is 23.5 Å². The molecule has 0 saturated carbocycles. The lowest BCUT2D eigenvalue weighted by atomic mass is 9.87. The van der Waals surface area contributed by atoms with Crippen molar-refractivity contribution >= 4 is 44.5 Å². The minimum atomic E-state index is -1.87. The molecule has 0 bridgehead atoms. The van der Waals surface area contributed by atoms with E-state index in [1.807, 2.05) is 0 Å². The molecule has 3 aromatic carbocycles. The summed E-state index contributed by atoms with van der Waals surface area (Å²) in [7, 11) is 0. The van der Waals surface area contributed by atoms with Crippen LogP contribution in [0.1, 0.15) is 39.5 Å². The molecule has 0 saturated heterocycles. The summed E-state index contributed by atoms with van der Waals surface area (Å²) in [5, 5.41) is 31.9. The lowest BCUT2D eigenvalue weighted by molar-refractivity contribution is -0.138. The summed E-state index contributed by atoms with van der Waals surface area (Å²) < 4.78 is 0. The van der Waals surface area contributed by atoms with Crippen molar-refractivity contribution in [3.63, 3.8) is 0 Å². The number of carbonyl (C=O) groups is 2. The zero-order valence-electron chi connectivity index (χ0n) is 20.4. The van der Waals surface area contributed by atoms with Crippen LogP contribution >= 0.6 is 27.0 Å². The van der Waals surface area contributed by atoms with Gasteiger partial charge in [0.25, 0.3) is 11.8 Å². The fourth-order valence-electron chi connectivity index (χ4n) is 3.33. The Labute approximate surface area is 235 Å². The van der Waals surface area contributed by atoms with Crippen molar-refractivity contribution < 1.29 is 25.0 Å². The van der Waals surface area contributed by atoms with Gasteiger partial charge in [-0.1, -0.05) is 36.1 Å². The second-order valence-electron chi connectivity index (χ2n) is 8.08. The van der Waals surface area contributed by atoms with Gasteiger partial charge in [0.15, 0.2) is 0 Å². The molecule has 8 nitrogen and oxygen atoms in total. The number of aliphatic hydroxyl groups excluding tert-OH is 1. The van der Waals surface area contributed by atoms with Crippen molar-refractivity contribution in [2.24, 2.45) is 0 Å². The number of benzene rings is 3. The smallest absolute Gasteiger partial charge is 0.269 e. The van der Waals surface area contributed by atoms with E-state index in [-0.39, 0.29) is 39.2 Å². The number of carbonyl (C=O) groups excluding carboxylic acids is 2. The lowest BCUT2D eigenvalue weighted by Gasteiger charge is -2.32. The third-order valence-electron chi connectivity index (χ3n) is 5.46. The Bertz CT molecular complexity index is 1350. The Morgan fingerprint density at radius 2 is 1.39 bits per heavy atom. The number of anilines is 1. The van der Waals surface area contributed by atoms with Crippen molar-refractivity contribution in [1.82, 2.24) is 10.8 Å². The van der Waals surface area contributed by atoms with Crippen LogP contribution in [0.5, 0.6) is 0 Å². The molecule has 10 heteroatoms. The maximum absolute atomic E-state index is 12.8.